The number of nitrogens with zero attached hydrogens (tertiary/aromatic N) is 1. The topological polar surface area (TPSA) is 14.2 Å². The van der Waals surface area contributed by atoms with Gasteiger partial charge in [0.25, 0.3) is 0 Å². The van der Waals surface area contributed by atoms with Crippen LogP contribution < -0.4 is 4.74 Å². The first kappa shape index (κ1) is 13.3. The van der Waals surface area contributed by atoms with Gasteiger partial charge in [-0.3, -0.25) is 0 Å². The van der Waals surface area contributed by atoms with E-state index in [4.69, 9.17) is 4.74 Å². The maximum atomic E-state index is 5.72. The van der Waals surface area contributed by atoms with Gasteiger partial charge in [-0.1, -0.05) is 40.2 Å². The fourth-order valence-corrected chi connectivity index (χ4v) is 2.64. The Morgan fingerprint density at radius 1 is 1.00 bits per heavy atom. The number of para-hydroxylation sites is 1. The highest BCUT2D eigenvalue weighted by Crippen LogP contribution is 2.21. The monoisotopic (exact) mass is 329 g/mol. The molecule has 2 nitrogen and oxygen atoms in total. The van der Waals surface area contributed by atoms with Crippen molar-refractivity contribution in [2.24, 2.45) is 0 Å². The first-order valence-electron chi connectivity index (χ1n) is 6.75. The van der Waals surface area contributed by atoms with Gasteiger partial charge in [0.2, 0.25) is 0 Å². The zero-order valence-corrected chi connectivity index (χ0v) is 12.7. The summed E-state index contributed by atoms with van der Waals surface area (Å²) >= 11 is 3.53. The van der Waals surface area contributed by atoms with Crippen molar-refractivity contribution < 1.29 is 4.74 Å². The number of aromatic nitrogens is 1. The fourth-order valence-electron chi connectivity index (χ4n) is 2.29. The zero-order valence-electron chi connectivity index (χ0n) is 11.1. The van der Waals surface area contributed by atoms with E-state index in [-0.39, 0.29) is 0 Å². The molecule has 3 aromatic rings. The Morgan fingerprint density at radius 3 is 2.70 bits per heavy atom. The van der Waals surface area contributed by atoms with Gasteiger partial charge in [-0.2, -0.15) is 0 Å². The Balaban J connectivity index is 1.59. The van der Waals surface area contributed by atoms with Gasteiger partial charge in [0.15, 0.2) is 0 Å². The van der Waals surface area contributed by atoms with Crippen molar-refractivity contribution in [2.45, 2.75) is 13.0 Å². The van der Waals surface area contributed by atoms with E-state index < -0.39 is 0 Å². The first-order valence-corrected chi connectivity index (χ1v) is 7.54. The molecule has 3 rings (SSSR count). The van der Waals surface area contributed by atoms with Crippen molar-refractivity contribution in [3.8, 4) is 5.75 Å². The van der Waals surface area contributed by atoms with Crippen molar-refractivity contribution >= 4 is 26.8 Å². The van der Waals surface area contributed by atoms with Gasteiger partial charge in [0, 0.05) is 22.7 Å². The van der Waals surface area contributed by atoms with E-state index in [9.17, 15) is 0 Å². The molecule has 102 valence electrons. The minimum absolute atomic E-state index is 0.734. The summed E-state index contributed by atoms with van der Waals surface area (Å²) in [5, 5.41) is 1.28. The van der Waals surface area contributed by atoms with E-state index in [0.29, 0.717) is 0 Å². The minimum atomic E-state index is 0.734. The van der Waals surface area contributed by atoms with Crippen LogP contribution in [0.15, 0.2) is 65.3 Å². The van der Waals surface area contributed by atoms with Gasteiger partial charge in [-0.25, -0.2) is 0 Å². The number of hydrogen-bond donors (Lipinski definition) is 0. The number of rotatable bonds is 5. The molecule has 0 saturated carbocycles. The number of benzene rings is 2. The second-order valence-corrected chi connectivity index (χ2v) is 5.64. The van der Waals surface area contributed by atoms with Crippen LogP contribution in [0.1, 0.15) is 6.42 Å². The third kappa shape index (κ3) is 3.05. The summed E-state index contributed by atoms with van der Waals surface area (Å²) in [5.74, 6) is 0.938. The number of ether oxygens (including phenoxy) is 1. The lowest BCUT2D eigenvalue weighted by Crippen LogP contribution is -2.03. The summed E-state index contributed by atoms with van der Waals surface area (Å²) in [6.45, 7) is 1.70. The predicted molar refractivity (Wildman–Crippen MR) is 86.2 cm³/mol. The Kier molecular flexibility index (Phi) is 4.07. The van der Waals surface area contributed by atoms with Gasteiger partial charge < -0.3 is 9.30 Å². The molecule has 20 heavy (non-hydrogen) atoms. The highest BCUT2D eigenvalue weighted by Gasteiger charge is 2.01. The molecule has 1 heterocycles. The van der Waals surface area contributed by atoms with Crippen molar-refractivity contribution in [3.05, 3.63) is 65.3 Å². The van der Waals surface area contributed by atoms with Crippen LogP contribution in [-0.2, 0) is 6.54 Å². The summed E-state index contributed by atoms with van der Waals surface area (Å²) in [6, 6.07) is 18.5. The second kappa shape index (κ2) is 6.14. The van der Waals surface area contributed by atoms with Crippen LogP contribution in [0.4, 0.5) is 0 Å². The molecule has 0 aliphatic rings. The molecule has 0 bridgehead atoms. The average molecular weight is 330 g/mol. The third-order valence-electron chi connectivity index (χ3n) is 3.29. The molecule has 0 N–H and O–H groups in total. The molecule has 0 fully saturated rings. The maximum Gasteiger partial charge on any atom is 0.119 e. The van der Waals surface area contributed by atoms with Gasteiger partial charge in [-0.15, -0.1) is 0 Å². The molecule has 0 aliphatic heterocycles. The largest absolute Gasteiger partial charge is 0.494 e. The van der Waals surface area contributed by atoms with Crippen LogP contribution in [0.25, 0.3) is 10.9 Å². The van der Waals surface area contributed by atoms with Crippen LogP contribution in [-0.4, -0.2) is 11.2 Å². The molecule has 0 saturated heterocycles. The van der Waals surface area contributed by atoms with E-state index in [1.807, 2.05) is 30.3 Å². The molecule has 0 aliphatic carbocycles. The molecule has 1 aromatic heterocycles. The van der Waals surface area contributed by atoms with Gasteiger partial charge >= 0.3 is 0 Å². The average Bonchev–Trinajstić information content (AvgIpc) is 2.87. The predicted octanol–water partition coefficient (Wildman–Crippen LogP) is 4.87. The normalized spacial score (nSPS) is 10.8. The number of aryl methyl sites for hydroxylation is 1. The highest BCUT2D eigenvalue weighted by molar-refractivity contribution is 9.10. The molecule has 0 amide bonds. The third-order valence-corrected chi connectivity index (χ3v) is 3.78. The SMILES string of the molecule is Brc1ccc2ccn(CCCOc3ccccc3)c2c1. The van der Waals surface area contributed by atoms with Gasteiger partial charge in [-0.05, 0) is 42.1 Å². The minimum Gasteiger partial charge on any atom is -0.494 e. The Hall–Kier alpha value is -1.74. The quantitative estimate of drug-likeness (QED) is 0.609. The van der Waals surface area contributed by atoms with Crippen LogP contribution >= 0.6 is 15.9 Å². The van der Waals surface area contributed by atoms with Crippen LogP contribution in [0.3, 0.4) is 0 Å². The Labute approximate surface area is 127 Å². The van der Waals surface area contributed by atoms with E-state index in [1.54, 1.807) is 0 Å². The molecule has 0 unspecified atom stereocenters. The van der Waals surface area contributed by atoms with Crippen LogP contribution in [0.2, 0.25) is 0 Å². The van der Waals surface area contributed by atoms with Gasteiger partial charge in [0.1, 0.15) is 5.75 Å². The molecule has 0 atom stereocenters. The lowest BCUT2D eigenvalue weighted by atomic mass is 10.2. The van der Waals surface area contributed by atoms with Gasteiger partial charge in [0.05, 0.1) is 6.61 Å². The van der Waals surface area contributed by atoms with E-state index in [1.165, 1.54) is 10.9 Å². The summed E-state index contributed by atoms with van der Waals surface area (Å²) in [4.78, 5) is 0. The standard InChI is InChI=1S/C17H16BrNO/c18-15-8-7-14-9-11-19(17(14)13-15)10-4-12-20-16-5-2-1-3-6-16/h1-3,5-9,11,13H,4,10,12H2. The van der Waals surface area contributed by atoms with Crippen molar-refractivity contribution in [1.82, 2.24) is 4.57 Å². The first-order chi connectivity index (χ1) is 9.83. The summed E-state index contributed by atoms with van der Waals surface area (Å²) in [7, 11) is 0. The Bertz CT molecular complexity index is 691. The van der Waals surface area contributed by atoms with E-state index in [0.717, 1.165) is 29.8 Å². The number of halogens is 1. The smallest absolute Gasteiger partial charge is 0.119 e. The maximum absolute atomic E-state index is 5.72. The lowest BCUT2D eigenvalue weighted by Gasteiger charge is -2.08. The molecule has 2 aromatic carbocycles. The van der Waals surface area contributed by atoms with Crippen molar-refractivity contribution in [1.29, 1.82) is 0 Å². The highest BCUT2D eigenvalue weighted by atomic mass is 79.9. The summed E-state index contributed by atoms with van der Waals surface area (Å²) in [5.41, 5.74) is 1.26. The number of hydrogen-bond acceptors (Lipinski definition) is 1. The number of fused-ring (bicyclic) bond motifs is 1. The van der Waals surface area contributed by atoms with Crippen molar-refractivity contribution in [3.63, 3.8) is 0 Å². The lowest BCUT2D eigenvalue weighted by molar-refractivity contribution is 0.302. The molecule has 3 heteroatoms. The van der Waals surface area contributed by atoms with E-state index >= 15 is 0 Å². The molecular weight excluding hydrogens is 314 g/mol. The molecule has 0 spiro atoms. The van der Waals surface area contributed by atoms with Crippen LogP contribution in [0.5, 0.6) is 5.75 Å². The summed E-state index contributed by atoms with van der Waals surface area (Å²) < 4.78 is 9.11. The fraction of sp³-hybridized carbons (Fsp3) is 0.176. The Morgan fingerprint density at radius 2 is 1.85 bits per heavy atom. The zero-order chi connectivity index (χ0) is 13.8. The second-order valence-electron chi connectivity index (χ2n) is 4.73. The van der Waals surface area contributed by atoms with E-state index in [2.05, 4.69) is 51.0 Å². The molecular formula is C17H16BrNO. The van der Waals surface area contributed by atoms with Crippen molar-refractivity contribution in [2.75, 3.05) is 6.61 Å². The van der Waals surface area contributed by atoms with Crippen LogP contribution in [0, 0.1) is 0 Å². The summed E-state index contributed by atoms with van der Waals surface area (Å²) in [6.07, 6.45) is 3.13. The molecule has 0 radical (unpaired) electrons.